The lowest BCUT2D eigenvalue weighted by atomic mass is 10.1. The second-order valence-electron chi connectivity index (χ2n) is 4.12. The first-order valence-corrected chi connectivity index (χ1v) is 6.26. The van der Waals surface area contributed by atoms with E-state index in [1.807, 2.05) is 6.92 Å². The van der Waals surface area contributed by atoms with Crippen LogP contribution in [0.4, 0.5) is 18.9 Å². The Hall–Kier alpha value is -1.80. The average molecular weight is 306 g/mol. The maximum atomic E-state index is 11.9. The fraction of sp³-hybridized carbons (Fsp3) is 0.462. The Morgan fingerprint density at radius 1 is 1.38 bits per heavy atom. The largest absolute Gasteiger partial charge is 0.494 e. The molecule has 0 aliphatic carbocycles. The number of benzene rings is 1. The van der Waals surface area contributed by atoms with Gasteiger partial charge in [-0.25, -0.2) is 0 Å². The second kappa shape index (κ2) is 7.84. The summed E-state index contributed by atoms with van der Waals surface area (Å²) in [6.07, 6.45) is -4.45. The molecule has 1 aromatic carbocycles. The van der Waals surface area contributed by atoms with E-state index in [0.717, 1.165) is 0 Å². The van der Waals surface area contributed by atoms with Crippen LogP contribution in [0.2, 0.25) is 0 Å². The van der Waals surface area contributed by atoms with Gasteiger partial charge in [-0.05, 0) is 25.1 Å². The van der Waals surface area contributed by atoms with Crippen molar-refractivity contribution in [2.75, 3.05) is 25.1 Å². The number of nitrogens with two attached hydrogens (primary N) is 1. The number of carbonyl (C=O) groups is 1. The van der Waals surface area contributed by atoms with Gasteiger partial charge in [0.05, 0.1) is 6.61 Å². The van der Waals surface area contributed by atoms with Crippen LogP contribution in [0.5, 0.6) is 5.75 Å². The Morgan fingerprint density at radius 3 is 2.67 bits per heavy atom. The smallest absolute Gasteiger partial charge is 0.411 e. The topological polar surface area (TPSA) is 73.6 Å². The molecule has 1 rings (SSSR count). The Bertz CT molecular complexity index is 478. The molecule has 21 heavy (non-hydrogen) atoms. The predicted molar refractivity (Wildman–Crippen MR) is 71.0 cm³/mol. The van der Waals surface area contributed by atoms with Crippen LogP contribution in [-0.4, -0.2) is 31.9 Å². The van der Waals surface area contributed by atoms with Gasteiger partial charge in [0.15, 0.2) is 0 Å². The number of nitrogens with one attached hydrogen (secondary N) is 1. The summed E-state index contributed by atoms with van der Waals surface area (Å²) in [5.41, 5.74) is 6.67. The third-order valence-electron chi connectivity index (χ3n) is 2.36. The maximum Gasteiger partial charge on any atom is 0.411 e. The van der Waals surface area contributed by atoms with Gasteiger partial charge >= 0.3 is 6.18 Å². The number of amides is 1. The van der Waals surface area contributed by atoms with Crippen LogP contribution in [0.15, 0.2) is 18.2 Å². The van der Waals surface area contributed by atoms with E-state index in [1.165, 1.54) is 0 Å². The zero-order valence-electron chi connectivity index (χ0n) is 11.5. The lowest BCUT2D eigenvalue weighted by Gasteiger charge is -2.12. The van der Waals surface area contributed by atoms with E-state index in [-0.39, 0.29) is 6.54 Å². The van der Waals surface area contributed by atoms with E-state index < -0.39 is 25.3 Å². The molecule has 0 aromatic heterocycles. The summed E-state index contributed by atoms with van der Waals surface area (Å²) in [5, 5.41) is 2.43. The molecule has 0 saturated carbocycles. The number of rotatable bonds is 7. The van der Waals surface area contributed by atoms with Crippen LogP contribution >= 0.6 is 0 Å². The van der Waals surface area contributed by atoms with E-state index in [9.17, 15) is 18.0 Å². The van der Waals surface area contributed by atoms with E-state index >= 15 is 0 Å². The lowest BCUT2D eigenvalue weighted by Crippen LogP contribution is -2.24. The van der Waals surface area contributed by atoms with E-state index in [4.69, 9.17) is 10.5 Å². The van der Waals surface area contributed by atoms with Gasteiger partial charge in [-0.1, -0.05) is 0 Å². The highest BCUT2D eigenvalue weighted by atomic mass is 19.4. The summed E-state index contributed by atoms with van der Waals surface area (Å²) in [4.78, 5) is 11.4. The summed E-state index contributed by atoms with van der Waals surface area (Å²) >= 11 is 0. The number of anilines is 1. The number of alkyl halides is 3. The molecule has 1 aromatic rings. The molecule has 0 bridgehead atoms. The van der Waals surface area contributed by atoms with Crippen LogP contribution in [0.1, 0.15) is 12.5 Å². The van der Waals surface area contributed by atoms with Crippen molar-refractivity contribution in [2.45, 2.75) is 19.6 Å². The quantitative estimate of drug-likeness (QED) is 0.808. The van der Waals surface area contributed by atoms with Crippen molar-refractivity contribution in [3.63, 3.8) is 0 Å². The molecule has 0 fully saturated rings. The first-order valence-electron chi connectivity index (χ1n) is 6.26. The molecule has 0 atom stereocenters. The summed E-state index contributed by atoms with van der Waals surface area (Å²) < 4.78 is 45.2. The Balaban J connectivity index is 2.56. The van der Waals surface area contributed by atoms with Crippen molar-refractivity contribution in [3.8, 4) is 5.75 Å². The molecular formula is C13H17F3N2O3. The number of hydrogen-bond acceptors (Lipinski definition) is 4. The van der Waals surface area contributed by atoms with Gasteiger partial charge in [0, 0.05) is 17.8 Å². The summed E-state index contributed by atoms with van der Waals surface area (Å²) in [6.45, 7) is 0.379. The number of hydrogen-bond donors (Lipinski definition) is 2. The monoisotopic (exact) mass is 306 g/mol. The van der Waals surface area contributed by atoms with Gasteiger partial charge in [-0.3, -0.25) is 4.79 Å². The van der Waals surface area contributed by atoms with Crippen LogP contribution in [-0.2, 0) is 16.1 Å². The highest BCUT2D eigenvalue weighted by molar-refractivity contribution is 5.91. The minimum atomic E-state index is -4.45. The summed E-state index contributed by atoms with van der Waals surface area (Å²) in [6, 6.07) is 4.82. The first kappa shape index (κ1) is 17.3. The van der Waals surface area contributed by atoms with Crippen molar-refractivity contribution in [1.29, 1.82) is 0 Å². The molecule has 0 heterocycles. The fourth-order valence-corrected chi connectivity index (χ4v) is 1.57. The summed E-state index contributed by atoms with van der Waals surface area (Å²) in [7, 11) is 0. The van der Waals surface area contributed by atoms with Crippen LogP contribution < -0.4 is 15.8 Å². The van der Waals surface area contributed by atoms with E-state index in [0.29, 0.717) is 23.6 Å². The van der Waals surface area contributed by atoms with Crippen LogP contribution in [0.3, 0.4) is 0 Å². The standard InChI is InChI=1S/C13H17F3N2O3/c1-2-21-11-4-3-10(5-9(11)6-17)18-12(19)7-20-8-13(14,15)16/h3-5H,2,6-8,17H2,1H3,(H,18,19). The Kier molecular flexibility index (Phi) is 6.44. The minimum absolute atomic E-state index is 0.212. The molecule has 0 spiro atoms. The Morgan fingerprint density at radius 2 is 2.10 bits per heavy atom. The molecule has 0 radical (unpaired) electrons. The third-order valence-corrected chi connectivity index (χ3v) is 2.36. The third kappa shape index (κ3) is 6.46. The number of halogens is 3. The first-order chi connectivity index (χ1) is 9.85. The molecular weight excluding hydrogens is 289 g/mol. The highest BCUT2D eigenvalue weighted by Crippen LogP contribution is 2.22. The van der Waals surface area contributed by atoms with Crippen LogP contribution in [0, 0.1) is 0 Å². The molecule has 0 unspecified atom stereocenters. The highest BCUT2D eigenvalue weighted by Gasteiger charge is 2.27. The van der Waals surface area contributed by atoms with Crippen molar-refractivity contribution in [3.05, 3.63) is 23.8 Å². The van der Waals surface area contributed by atoms with E-state index in [2.05, 4.69) is 10.1 Å². The normalized spacial score (nSPS) is 11.3. The molecule has 5 nitrogen and oxygen atoms in total. The van der Waals surface area contributed by atoms with Gasteiger partial charge in [-0.2, -0.15) is 13.2 Å². The van der Waals surface area contributed by atoms with Gasteiger partial charge in [-0.15, -0.1) is 0 Å². The van der Waals surface area contributed by atoms with Crippen molar-refractivity contribution >= 4 is 11.6 Å². The molecule has 1 amide bonds. The number of ether oxygens (including phenoxy) is 2. The molecule has 3 N–H and O–H groups in total. The van der Waals surface area contributed by atoms with Crippen LogP contribution in [0.25, 0.3) is 0 Å². The minimum Gasteiger partial charge on any atom is -0.494 e. The Labute approximate surface area is 120 Å². The van der Waals surface area contributed by atoms with Crippen molar-refractivity contribution in [2.24, 2.45) is 5.73 Å². The second-order valence-corrected chi connectivity index (χ2v) is 4.12. The number of carbonyl (C=O) groups excluding carboxylic acids is 1. The average Bonchev–Trinajstić information content (AvgIpc) is 2.39. The van der Waals surface area contributed by atoms with Crippen molar-refractivity contribution in [1.82, 2.24) is 0 Å². The maximum absolute atomic E-state index is 11.9. The molecule has 0 aliphatic rings. The van der Waals surface area contributed by atoms with E-state index in [1.54, 1.807) is 18.2 Å². The lowest BCUT2D eigenvalue weighted by molar-refractivity contribution is -0.174. The van der Waals surface area contributed by atoms with Gasteiger partial charge < -0.3 is 20.5 Å². The predicted octanol–water partition coefficient (Wildman–Crippen LogP) is 2.06. The molecule has 0 aliphatic heterocycles. The van der Waals surface area contributed by atoms with Crippen molar-refractivity contribution < 1.29 is 27.4 Å². The fourth-order valence-electron chi connectivity index (χ4n) is 1.57. The zero-order chi connectivity index (χ0) is 15.9. The molecule has 0 saturated heterocycles. The zero-order valence-corrected chi connectivity index (χ0v) is 11.5. The molecule has 118 valence electrons. The summed E-state index contributed by atoms with van der Waals surface area (Å²) in [5.74, 6) is -0.0716. The van der Waals surface area contributed by atoms with Gasteiger partial charge in [0.25, 0.3) is 0 Å². The van der Waals surface area contributed by atoms with Gasteiger partial charge in [0.2, 0.25) is 5.91 Å². The van der Waals surface area contributed by atoms with Gasteiger partial charge in [0.1, 0.15) is 19.0 Å². The molecule has 8 heteroatoms. The SMILES string of the molecule is CCOc1ccc(NC(=O)COCC(F)(F)F)cc1CN.